The molecule has 0 atom stereocenters. The van der Waals surface area contributed by atoms with Crippen LogP contribution in [-0.2, 0) is 0 Å². The van der Waals surface area contributed by atoms with Crippen molar-refractivity contribution in [1.82, 2.24) is 19.5 Å². The molecule has 3 N–H and O–H groups in total. The molecule has 0 amide bonds. The van der Waals surface area contributed by atoms with Crippen LogP contribution in [0.15, 0.2) is 23.3 Å². The van der Waals surface area contributed by atoms with Crippen LogP contribution in [0.1, 0.15) is 31.4 Å². The van der Waals surface area contributed by atoms with Gasteiger partial charge in [-0.2, -0.15) is 0 Å². The number of nitrogens with zero attached hydrogens (tertiary/aromatic N) is 3. The second-order valence-corrected chi connectivity index (χ2v) is 4.57. The highest BCUT2D eigenvalue weighted by Gasteiger charge is 2.11. The van der Waals surface area contributed by atoms with Gasteiger partial charge in [-0.25, -0.2) is 9.97 Å². The van der Waals surface area contributed by atoms with Crippen LogP contribution in [0, 0.1) is 0 Å². The van der Waals surface area contributed by atoms with E-state index in [1.807, 2.05) is 13.8 Å². The fraction of sp³-hybridized carbons (Fsp3) is 0.273. The van der Waals surface area contributed by atoms with Gasteiger partial charge in [0.25, 0.3) is 5.56 Å². The highest BCUT2D eigenvalue weighted by atomic mass is 32.1. The van der Waals surface area contributed by atoms with E-state index in [9.17, 15) is 4.79 Å². The van der Waals surface area contributed by atoms with Gasteiger partial charge in [-0.15, -0.1) is 0 Å². The first-order valence-electron chi connectivity index (χ1n) is 5.44. The number of aromatic nitrogens is 4. The smallest absolute Gasteiger partial charge is 0.253 e. The Hall–Kier alpha value is -2.02. The number of thiocarbonyl (C=S) groups is 1. The van der Waals surface area contributed by atoms with Gasteiger partial charge >= 0.3 is 0 Å². The van der Waals surface area contributed by atoms with E-state index in [4.69, 9.17) is 18.0 Å². The lowest BCUT2D eigenvalue weighted by atomic mass is 10.2. The maximum Gasteiger partial charge on any atom is 0.253 e. The van der Waals surface area contributed by atoms with Crippen molar-refractivity contribution in [1.29, 1.82) is 0 Å². The third-order valence-corrected chi connectivity index (χ3v) is 2.58. The van der Waals surface area contributed by atoms with Crippen LogP contribution in [0.2, 0.25) is 0 Å². The van der Waals surface area contributed by atoms with Crippen molar-refractivity contribution in [3.05, 3.63) is 40.5 Å². The van der Waals surface area contributed by atoms with E-state index in [0.29, 0.717) is 17.5 Å². The molecule has 94 valence electrons. The number of imidazole rings is 1. The SMILES string of the molecule is CC(C)c1nc(-n2ccnc2C(N)=S)cc(=O)[nH]1. The molecule has 0 aromatic carbocycles. The van der Waals surface area contributed by atoms with Crippen molar-refractivity contribution < 1.29 is 0 Å². The van der Waals surface area contributed by atoms with Gasteiger partial charge in [0.2, 0.25) is 0 Å². The first-order valence-corrected chi connectivity index (χ1v) is 5.84. The minimum Gasteiger partial charge on any atom is -0.387 e. The molecule has 2 heterocycles. The number of rotatable bonds is 3. The normalized spacial score (nSPS) is 10.8. The molecule has 6 nitrogen and oxygen atoms in total. The monoisotopic (exact) mass is 263 g/mol. The Labute approximate surface area is 109 Å². The van der Waals surface area contributed by atoms with Crippen molar-refractivity contribution in [3.63, 3.8) is 0 Å². The minimum atomic E-state index is -0.216. The summed E-state index contributed by atoms with van der Waals surface area (Å²) in [5.74, 6) is 1.61. The number of hydrogen-bond acceptors (Lipinski definition) is 4. The summed E-state index contributed by atoms with van der Waals surface area (Å²) >= 11 is 4.90. The zero-order valence-electron chi connectivity index (χ0n) is 10.0. The molecule has 2 aromatic rings. The Morgan fingerprint density at radius 1 is 1.56 bits per heavy atom. The van der Waals surface area contributed by atoms with Crippen LogP contribution < -0.4 is 11.3 Å². The van der Waals surface area contributed by atoms with Crippen LogP contribution in [-0.4, -0.2) is 24.5 Å². The van der Waals surface area contributed by atoms with Gasteiger partial charge in [0.15, 0.2) is 5.82 Å². The first kappa shape index (κ1) is 12.4. The van der Waals surface area contributed by atoms with E-state index in [1.54, 1.807) is 17.0 Å². The van der Waals surface area contributed by atoms with Crippen LogP contribution in [0.25, 0.3) is 5.82 Å². The lowest BCUT2D eigenvalue weighted by Crippen LogP contribution is -2.19. The number of nitrogens with one attached hydrogen (secondary N) is 1. The van der Waals surface area contributed by atoms with Crippen molar-refractivity contribution in [2.45, 2.75) is 19.8 Å². The van der Waals surface area contributed by atoms with Gasteiger partial charge in [-0.1, -0.05) is 26.1 Å². The zero-order chi connectivity index (χ0) is 13.3. The van der Waals surface area contributed by atoms with E-state index in [0.717, 1.165) is 0 Å². The first-order chi connectivity index (χ1) is 8.49. The average Bonchev–Trinajstić information content (AvgIpc) is 2.76. The summed E-state index contributed by atoms with van der Waals surface area (Å²) in [7, 11) is 0. The van der Waals surface area contributed by atoms with Gasteiger partial charge in [0.05, 0.1) is 0 Å². The molecular formula is C11H13N5OS. The molecule has 18 heavy (non-hydrogen) atoms. The predicted molar refractivity (Wildman–Crippen MR) is 72.0 cm³/mol. The van der Waals surface area contributed by atoms with Crippen molar-refractivity contribution in [3.8, 4) is 5.82 Å². The Kier molecular flexibility index (Phi) is 3.24. The van der Waals surface area contributed by atoms with Gasteiger partial charge in [0, 0.05) is 24.4 Å². The highest BCUT2D eigenvalue weighted by Crippen LogP contribution is 2.11. The summed E-state index contributed by atoms with van der Waals surface area (Å²) in [5.41, 5.74) is 5.35. The quantitative estimate of drug-likeness (QED) is 0.796. The Bertz CT molecular complexity index is 643. The van der Waals surface area contributed by atoms with Crippen LogP contribution in [0.3, 0.4) is 0 Å². The van der Waals surface area contributed by atoms with Gasteiger partial charge < -0.3 is 10.7 Å². The number of nitrogens with two attached hydrogens (primary N) is 1. The van der Waals surface area contributed by atoms with Crippen LogP contribution >= 0.6 is 12.2 Å². The lowest BCUT2D eigenvalue weighted by Gasteiger charge is -2.09. The topological polar surface area (TPSA) is 89.6 Å². The maximum atomic E-state index is 11.6. The highest BCUT2D eigenvalue weighted by molar-refractivity contribution is 7.80. The molecule has 2 rings (SSSR count). The summed E-state index contributed by atoms with van der Waals surface area (Å²) in [4.78, 5) is 22.9. The summed E-state index contributed by atoms with van der Waals surface area (Å²) in [6.45, 7) is 3.90. The summed E-state index contributed by atoms with van der Waals surface area (Å²) in [6, 6.07) is 1.38. The Morgan fingerprint density at radius 2 is 2.28 bits per heavy atom. The van der Waals surface area contributed by atoms with Gasteiger partial charge in [-0.05, 0) is 0 Å². The summed E-state index contributed by atoms with van der Waals surface area (Å²) < 4.78 is 1.60. The maximum absolute atomic E-state index is 11.6. The number of hydrogen-bond donors (Lipinski definition) is 2. The van der Waals surface area contributed by atoms with E-state index < -0.39 is 0 Å². The molecule has 0 aliphatic carbocycles. The van der Waals surface area contributed by atoms with Gasteiger partial charge in [0.1, 0.15) is 16.6 Å². The molecule has 0 saturated heterocycles. The molecule has 0 fully saturated rings. The van der Waals surface area contributed by atoms with Gasteiger partial charge in [-0.3, -0.25) is 9.36 Å². The lowest BCUT2D eigenvalue weighted by molar-refractivity contribution is 0.753. The molecule has 0 aliphatic heterocycles. The molecule has 7 heteroatoms. The second-order valence-electron chi connectivity index (χ2n) is 4.13. The van der Waals surface area contributed by atoms with Crippen molar-refractivity contribution >= 4 is 17.2 Å². The number of H-pyrrole nitrogens is 1. The van der Waals surface area contributed by atoms with Crippen molar-refractivity contribution in [2.75, 3.05) is 0 Å². The fourth-order valence-electron chi connectivity index (χ4n) is 1.53. The third-order valence-electron chi connectivity index (χ3n) is 2.40. The summed E-state index contributed by atoms with van der Waals surface area (Å²) in [5, 5.41) is 0. The Morgan fingerprint density at radius 3 is 2.89 bits per heavy atom. The molecule has 0 spiro atoms. The molecule has 0 bridgehead atoms. The van der Waals surface area contributed by atoms with Crippen LogP contribution in [0.5, 0.6) is 0 Å². The van der Waals surface area contributed by atoms with Crippen LogP contribution in [0.4, 0.5) is 0 Å². The van der Waals surface area contributed by atoms with E-state index >= 15 is 0 Å². The molecule has 0 saturated carbocycles. The number of aromatic amines is 1. The molecule has 0 radical (unpaired) electrons. The standard InChI is InChI=1S/C11H13N5OS/c1-6(2)10-14-7(5-8(17)15-10)16-4-3-13-11(16)9(12)18/h3-6H,1-2H3,(H2,12,18)(H,14,15,17). The zero-order valence-corrected chi connectivity index (χ0v) is 10.9. The molecular weight excluding hydrogens is 250 g/mol. The van der Waals surface area contributed by atoms with E-state index in [2.05, 4.69) is 15.0 Å². The average molecular weight is 263 g/mol. The molecule has 0 unspecified atom stereocenters. The second kappa shape index (κ2) is 4.69. The molecule has 0 aliphatic rings. The fourth-order valence-corrected chi connectivity index (χ4v) is 1.68. The van der Waals surface area contributed by atoms with E-state index in [1.165, 1.54) is 6.07 Å². The largest absolute Gasteiger partial charge is 0.387 e. The minimum absolute atomic E-state index is 0.120. The molecule has 2 aromatic heterocycles. The summed E-state index contributed by atoms with van der Waals surface area (Å²) in [6.07, 6.45) is 3.23. The third kappa shape index (κ3) is 2.30. The van der Waals surface area contributed by atoms with Crippen molar-refractivity contribution in [2.24, 2.45) is 5.73 Å². The van der Waals surface area contributed by atoms with E-state index in [-0.39, 0.29) is 16.5 Å². The Balaban J connectivity index is 2.60. The predicted octanol–water partition coefficient (Wildman–Crippen LogP) is 0.713.